The second-order valence-corrected chi connectivity index (χ2v) is 7.78. The van der Waals surface area contributed by atoms with Gasteiger partial charge in [0.15, 0.2) is 5.96 Å². The van der Waals surface area contributed by atoms with E-state index in [1.54, 1.807) is 14.2 Å². The predicted molar refractivity (Wildman–Crippen MR) is 95.8 cm³/mol. The third kappa shape index (κ3) is 10.1. The Morgan fingerprint density at radius 2 is 1.92 bits per heavy atom. The molecular formula is C15H32N4O4S. The molecule has 9 heteroatoms. The molecule has 3 N–H and O–H groups in total. The van der Waals surface area contributed by atoms with Gasteiger partial charge in [0.05, 0.1) is 19.0 Å². The van der Waals surface area contributed by atoms with Crippen molar-refractivity contribution < 1.29 is 17.9 Å². The van der Waals surface area contributed by atoms with Gasteiger partial charge in [-0.05, 0) is 25.2 Å². The summed E-state index contributed by atoms with van der Waals surface area (Å²) >= 11 is 0. The monoisotopic (exact) mass is 364 g/mol. The van der Waals surface area contributed by atoms with Crippen molar-refractivity contribution in [1.29, 1.82) is 0 Å². The van der Waals surface area contributed by atoms with Gasteiger partial charge in [-0.2, -0.15) is 0 Å². The summed E-state index contributed by atoms with van der Waals surface area (Å²) in [6, 6.07) is 0. The summed E-state index contributed by atoms with van der Waals surface area (Å²) < 4.78 is 36.7. The van der Waals surface area contributed by atoms with Crippen LogP contribution in [0.3, 0.4) is 0 Å². The van der Waals surface area contributed by atoms with E-state index in [9.17, 15) is 8.42 Å². The highest BCUT2D eigenvalue weighted by Gasteiger charge is 2.19. The summed E-state index contributed by atoms with van der Waals surface area (Å²) in [6.45, 7) is 3.43. The molecule has 0 bridgehead atoms. The maximum Gasteiger partial charge on any atom is 0.213 e. The first-order valence-electron chi connectivity index (χ1n) is 8.56. The van der Waals surface area contributed by atoms with Gasteiger partial charge in [0.1, 0.15) is 0 Å². The van der Waals surface area contributed by atoms with Crippen molar-refractivity contribution in [3.05, 3.63) is 0 Å². The van der Waals surface area contributed by atoms with Crippen LogP contribution in [0.4, 0.5) is 0 Å². The van der Waals surface area contributed by atoms with E-state index in [4.69, 9.17) is 9.47 Å². The molecule has 24 heavy (non-hydrogen) atoms. The molecule has 1 fully saturated rings. The summed E-state index contributed by atoms with van der Waals surface area (Å²) in [5, 5.41) is 6.14. The maximum atomic E-state index is 11.9. The van der Waals surface area contributed by atoms with Crippen LogP contribution in [-0.2, 0) is 19.5 Å². The van der Waals surface area contributed by atoms with Crippen LogP contribution in [0, 0.1) is 5.92 Å². The van der Waals surface area contributed by atoms with Gasteiger partial charge in [-0.25, -0.2) is 13.1 Å². The predicted octanol–water partition coefficient (Wildman–Crippen LogP) is -0.0760. The van der Waals surface area contributed by atoms with E-state index in [1.165, 1.54) is 6.42 Å². The molecule has 1 aliphatic rings. The smallest absolute Gasteiger partial charge is 0.213 e. The summed E-state index contributed by atoms with van der Waals surface area (Å²) in [5.41, 5.74) is 0. The van der Waals surface area contributed by atoms with Gasteiger partial charge in [0.25, 0.3) is 0 Å². The first-order valence-corrected chi connectivity index (χ1v) is 10.2. The van der Waals surface area contributed by atoms with Crippen LogP contribution >= 0.6 is 0 Å². The van der Waals surface area contributed by atoms with Crippen molar-refractivity contribution in [3.63, 3.8) is 0 Å². The second-order valence-electron chi connectivity index (χ2n) is 5.85. The highest BCUT2D eigenvalue weighted by molar-refractivity contribution is 7.89. The van der Waals surface area contributed by atoms with Crippen molar-refractivity contribution in [2.24, 2.45) is 10.9 Å². The Morgan fingerprint density at radius 1 is 1.17 bits per heavy atom. The van der Waals surface area contributed by atoms with Gasteiger partial charge < -0.3 is 20.1 Å². The minimum absolute atomic E-state index is 0.0422. The van der Waals surface area contributed by atoms with Crippen LogP contribution in [0.2, 0.25) is 0 Å². The van der Waals surface area contributed by atoms with Crippen molar-refractivity contribution in [3.8, 4) is 0 Å². The minimum Gasteiger partial charge on any atom is -0.382 e. The van der Waals surface area contributed by atoms with Gasteiger partial charge in [-0.3, -0.25) is 4.99 Å². The number of rotatable bonds is 13. The molecule has 0 aromatic carbocycles. The Morgan fingerprint density at radius 3 is 2.54 bits per heavy atom. The lowest BCUT2D eigenvalue weighted by molar-refractivity contribution is 0.0698. The number of guanidine groups is 1. The fourth-order valence-corrected chi connectivity index (χ4v) is 3.17. The fraction of sp³-hybridized carbons (Fsp3) is 0.933. The minimum atomic E-state index is -3.22. The number of hydrogen-bond acceptors (Lipinski definition) is 5. The molecule has 0 aromatic rings. The Bertz CT molecular complexity index is 452. The molecule has 0 radical (unpaired) electrons. The zero-order chi connectivity index (χ0) is 17.7. The van der Waals surface area contributed by atoms with Crippen LogP contribution in [0.5, 0.6) is 0 Å². The second kappa shape index (κ2) is 12.5. The maximum absolute atomic E-state index is 11.9. The van der Waals surface area contributed by atoms with Crippen molar-refractivity contribution in [2.45, 2.75) is 25.7 Å². The molecule has 142 valence electrons. The number of nitrogens with zero attached hydrogens (tertiary/aromatic N) is 1. The molecule has 0 heterocycles. The molecule has 0 aliphatic heterocycles. The molecule has 0 amide bonds. The number of nitrogens with one attached hydrogen (secondary N) is 3. The molecule has 0 aromatic heterocycles. The zero-order valence-corrected chi connectivity index (χ0v) is 15.7. The molecule has 0 saturated heterocycles. The summed E-state index contributed by atoms with van der Waals surface area (Å²) in [4.78, 5) is 4.07. The Labute approximate surface area is 145 Å². The van der Waals surface area contributed by atoms with Gasteiger partial charge in [0, 0.05) is 40.4 Å². The zero-order valence-electron chi connectivity index (χ0n) is 14.8. The Balaban J connectivity index is 2.05. The van der Waals surface area contributed by atoms with Crippen LogP contribution in [0.15, 0.2) is 4.99 Å². The molecule has 1 aliphatic carbocycles. The Kier molecular flexibility index (Phi) is 11.0. The number of ether oxygens (including phenoxy) is 2. The average Bonchev–Trinajstić information content (AvgIpc) is 2.50. The lowest BCUT2D eigenvalue weighted by Crippen LogP contribution is -2.42. The average molecular weight is 365 g/mol. The van der Waals surface area contributed by atoms with Crippen LogP contribution in [-0.4, -0.2) is 73.7 Å². The normalized spacial score (nSPS) is 16.0. The van der Waals surface area contributed by atoms with Gasteiger partial charge in [-0.15, -0.1) is 0 Å². The fourth-order valence-electron chi connectivity index (χ4n) is 2.16. The lowest BCUT2D eigenvalue weighted by Gasteiger charge is -2.25. The third-order valence-electron chi connectivity index (χ3n) is 3.89. The molecule has 0 spiro atoms. The van der Waals surface area contributed by atoms with Crippen LogP contribution in [0.25, 0.3) is 0 Å². The standard InChI is InChI=1S/C15H32N4O4S/c1-16-15(17-7-4-9-23-11-10-22-2)18-8-12-24(20,21)19-13-14-5-3-6-14/h14,19H,3-13H2,1-2H3,(H2,16,17,18). The number of methoxy groups -OCH3 is 1. The van der Waals surface area contributed by atoms with E-state index in [-0.39, 0.29) is 5.75 Å². The van der Waals surface area contributed by atoms with Crippen LogP contribution < -0.4 is 15.4 Å². The molecule has 8 nitrogen and oxygen atoms in total. The quantitative estimate of drug-likeness (QED) is 0.240. The SMILES string of the molecule is CN=C(NCCCOCCOC)NCCS(=O)(=O)NCC1CCC1. The summed E-state index contributed by atoms with van der Waals surface area (Å²) in [6.07, 6.45) is 4.32. The molecule has 0 unspecified atom stereocenters. The summed E-state index contributed by atoms with van der Waals surface area (Å²) in [7, 11) is 0.0811. The van der Waals surface area contributed by atoms with E-state index in [0.29, 0.717) is 51.3 Å². The van der Waals surface area contributed by atoms with Crippen molar-refractivity contribution >= 4 is 16.0 Å². The topological polar surface area (TPSA) is 101 Å². The first-order chi connectivity index (χ1) is 11.6. The molecular weight excluding hydrogens is 332 g/mol. The lowest BCUT2D eigenvalue weighted by atomic mass is 9.86. The van der Waals surface area contributed by atoms with E-state index < -0.39 is 10.0 Å². The van der Waals surface area contributed by atoms with Gasteiger partial charge >= 0.3 is 0 Å². The van der Waals surface area contributed by atoms with Gasteiger partial charge in [-0.1, -0.05) is 6.42 Å². The van der Waals surface area contributed by atoms with Crippen molar-refractivity contribution in [2.75, 3.05) is 59.4 Å². The number of sulfonamides is 1. The molecule has 0 atom stereocenters. The highest BCUT2D eigenvalue weighted by Crippen LogP contribution is 2.25. The van der Waals surface area contributed by atoms with Gasteiger partial charge in [0.2, 0.25) is 10.0 Å². The first kappa shape index (κ1) is 21.1. The van der Waals surface area contributed by atoms with E-state index >= 15 is 0 Å². The molecule has 1 saturated carbocycles. The van der Waals surface area contributed by atoms with E-state index in [0.717, 1.165) is 19.3 Å². The molecule has 1 rings (SSSR count). The van der Waals surface area contributed by atoms with E-state index in [1.807, 2.05) is 0 Å². The number of aliphatic imine (C=N–C) groups is 1. The summed E-state index contributed by atoms with van der Waals surface area (Å²) in [5.74, 6) is 1.16. The third-order valence-corrected chi connectivity index (χ3v) is 5.24. The largest absolute Gasteiger partial charge is 0.382 e. The number of hydrogen-bond donors (Lipinski definition) is 3. The van der Waals surface area contributed by atoms with Crippen LogP contribution in [0.1, 0.15) is 25.7 Å². The Hall–Kier alpha value is -0.900. The highest BCUT2D eigenvalue weighted by atomic mass is 32.2. The van der Waals surface area contributed by atoms with Crippen molar-refractivity contribution in [1.82, 2.24) is 15.4 Å². The van der Waals surface area contributed by atoms with E-state index in [2.05, 4.69) is 20.3 Å².